The summed E-state index contributed by atoms with van der Waals surface area (Å²) in [6.07, 6.45) is 11.5. The number of rotatable bonds is 11. The SMILES string of the molecule is C=C[C@H](C(O)CCCCCCCC)C1(c2ccccc2)SCCCS1. The molecule has 0 amide bonds. The highest BCUT2D eigenvalue weighted by Gasteiger charge is 2.44. The Morgan fingerprint density at radius 3 is 2.36 bits per heavy atom. The van der Waals surface area contributed by atoms with E-state index in [1.54, 1.807) is 0 Å². The van der Waals surface area contributed by atoms with E-state index < -0.39 is 0 Å². The van der Waals surface area contributed by atoms with Crippen LogP contribution in [-0.2, 0) is 4.08 Å². The fourth-order valence-corrected chi connectivity index (χ4v) is 7.35. The Labute approximate surface area is 163 Å². The van der Waals surface area contributed by atoms with E-state index in [4.69, 9.17) is 0 Å². The fraction of sp³-hybridized carbons (Fsp3) is 0.636. The molecule has 0 radical (unpaired) electrons. The Morgan fingerprint density at radius 2 is 1.72 bits per heavy atom. The molecule has 0 aromatic heterocycles. The van der Waals surface area contributed by atoms with Crippen molar-refractivity contribution in [2.75, 3.05) is 11.5 Å². The first-order valence-corrected chi connectivity index (χ1v) is 11.9. The van der Waals surface area contributed by atoms with Crippen LogP contribution in [0.3, 0.4) is 0 Å². The van der Waals surface area contributed by atoms with Crippen LogP contribution in [0, 0.1) is 5.92 Å². The predicted octanol–water partition coefficient (Wildman–Crippen LogP) is 6.62. The van der Waals surface area contributed by atoms with E-state index in [2.05, 4.69) is 43.8 Å². The highest BCUT2D eigenvalue weighted by molar-refractivity contribution is 8.18. The molecular weight excluding hydrogens is 344 g/mol. The van der Waals surface area contributed by atoms with E-state index in [0.717, 1.165) is 24.3 Å². The van der Waals surface area contributed by atoms with Gasteiger partial charge in [0, 0.05) is 5.92 Å². The van der Waals surface area contributed by atoms with E-state index >= 15 is 0 Å². The van der Waals surface area contributed by atoms with Crippen LogP contribution in [0.25, 0.3) is 0 Å². The molecule has 1 nitrogen and oxygen atoms in total. The van der Waals surface area contributed by atoms with Gasteiger partial charge in [-0.05, 0) is 29.9 Å². The minimum atomic E-state index is -0.304. The van der Waals surface area contributed by atoms with Crippen molar-refractivity contribution in [3.8, 4) is 0 Å². The molecule has 1 heterocycles. The third-order valence-electron chi connectivity index (χ3n) is 5.06. The molecule has 1 aromatic carbocycles. The lowest BCUT2D eigenvalue weighted by Crippen LogP contribution is -2.38. The van der Waals surface area contributed by atoms with Gasteiger partial charge in [0.2, 0.25) is 0 Å². The van der Waals surface area contributed by atoms with Crippen molar-refractivity contribution in [2.24, 2.45) is 5.92 Å². The van der Waals surface area contributed by atoms with E-state index in [-0.39, 0.29) is 16.1 Å². The zero-order valence-electron chi connectivity index (χ0n) is 15.7. The average molecular weight is 379 g/mol. The molecule has 25 heavy (non-hydrogen) atoms. The Kier molecular flexibility index (Phi) is 9.51. The first-order valence-electron chi connectivity index (χ1n) is 9.88. The minimum Gasteiger partial charge on any atom is -0.392 e. The van der Waals surface area contributed by atoms with Crippen LogP contribution in [0.2, 0.25) is 0 Å². The second-order valence-electron chi connectivity index (χ2n) is 6.97. The van der Waals surface area contributed by atoms with Crippen LogP contribution in [0.15, 0.2) is 43.0 Å². The van der Waals surface area contributed by atoms with E-state index in [0.29, 0.717) is 0 Å². The summed E-state index contributed by atoms with van der Waals surface area (Å²) in [6, 6.07) is 10.8. The van der Waals surface area contributed by atoms with Crippen molar-refractivity contribution in [2.45, 2.75) is 68.5 Å². The largest absolute Gasteiger partial charge is 0.392 e. The highest BCUT2D eigenvalue weighted by Crippen LogP contribution is 2.56. The molecule has 0 aliphatic carbocycles. The van der Waals surface area contributed by atoms with Gasteiger partial charge in [-0.2, -0.15) is 0 Å². The summed E-state index contributed by atoms with van der Waals surface area (Å²) in [5, 5.41) is 11.0. The number of aliphatic hydroxyl groups excluding tert-OH is 1. The molecule has 1 aliphatic heterocycles. The molecule has 2 rings (SSSR count). The quantitative estimate of drug-likeness (QED) is 0.345. The molecule has 1 aliphatic rings. The lowest BCUT2D eigenvalue weighted by Gasteiger charge is -2.43. The summed E-state index contributed by atoms with van der Waals surface area (Å²) in [7, 11) is 0. The molecule has 1 saturated heterocycles. The standard InChI is InChI=1S/C22H34OS2/c1-3-5-6-7-8-12-16-21(23)20(4-2)22(24-17-13-18-25-22)19-14-10-9-11-15-19/h4,9-11,14-15,20-21,23H,2-3,5-8,12-13,16-18H2,1H3/t20-,21?/m1/s1. The van der Waals surface area contributed by atoms with Crippen LogP contribution in [0.5, 0.6) is 0 Å². The van der Waals surface area contributed by atoms with Gasteiger partial charge in [-0.15, -0.1) is 30.1 Å². The Morgan fingerprint density at radius 1 is 1.08 bits per heavy atom. The van der Waals surface area contributed by atoms with Gasteiger partial charge in [0.05, 0.1) is 10.2 Å². The van der Waals surface area contributed by atoms with Crippen molar-refractivity contribution in [3.05, 3.63) is 48.6 Å². The molecule has 3 heteroatoms. The number of unbranched alkanes of at least 4 members (excludes halogenated alkanes) is 5. The van der Waals surface area contributed by atoms with Crippen LogP contribution < -0.4 is 0 Å². The summed E-state index contributed by atoms with van der Waals surface area (Å²) in [4.78, 5) is 0. The minimum absolute atomic E-state index is 0.0805. The third kappa shape index (κ3) is 5.80. The van der Waals surface area contributed by atoms with Crippen molar-refractivity contribution in [1.29, 1.82) is 0 Å². The summed E-state index contributed by atoms with van der Waals surface area (Å²) >= 11 is 4.01. The Bertz CT molecular complexity index is 482. The lowest BCUT2D eigenvalue weighted by atomic mass is 9.89. The molecule has 1 aromatic rings. The van der Waals surface area contributed by atoms with Crippen LogP contribution >= 0.6 is 23.5 Å². The number of thioether (sulfide) groups is 2. The number of aliphatic hydroxyl groups is 1. The topological polar surface area (TPSA) is 20.2 Å². The molecule has 0 spiro atoms. The molecule has 1 unspecified atom stereocenters. The van der Waals surface area contributed by atoms with Crippen LogP contribution in [-0.4, -0.2) is 22.7 Å². The molecule has 1 N–H and O–H groups in total. The predicted molar refractivity (Wildman–Crippen MR) is 115 cm³/mol. The Hall–Kier alpha value is -0.380. The van der Waals surface area contributed by atoms with Gasteiger partial charge < -0.3 is 5.11 Å². The number of hydrogen-bond acceptors (Lipinski definition) is 3. The van der Waals surface area contributed by atoms with E-state index in [9.17, 15) is 5.11 Å². The first-order chi connectivity index (χ1) is 12.2. The maximum Gasteiger partial charge on any atom is 0.0946 e. The zero-order valence-corrected chi connectivity index (χ0v) is 17.3. The van der Waals surface area contributed by atoms with Gasteiger partial charge in [0.25, 0.3) is 0 Å². The third-order valence-corrected chi connectivity index (χ3v) is 8.62. The molecule has 2 atom stereocenters. The van der Waals surface area contributed by atoms with E-state index in [1.165, 1.54) is 44.1 Å². The second-order valence-corrected chi connectivity index (χ2v) is 9.91. The van der Waals surface area contributed by atoms with Gasteiger partial charge in [0.15, 0.2) is 0 Å². The Balaban J connectivity index is 2.02. The highest BCUT2D eigenvalue weighted by atomic mass is 32.2. The summed E-state index contributed by atoms with van der Waals surface area (Å²) in [5.41, 5.74) is 1.33. The lowest BCUT2D eigenvalue weighted by molar-refractivity contribution is 0.111. The van der Waals surface area contributed by atoms with Gasteiger partial charge in [-0.25, -0.2) is 0 Å². The van der Waals surface area contributed by atoms with Crippen LogP contribution in [0.4, 0.5) is 0 Å². The monoisotopic (exact) mass is 378 g/mol. The van der Waals surface area contributed by atoms with Crippen molar-refractivity contribution >= 4 is 23.5 Å². The molecule has 1 fully saturated rings. The first kappa shape index (κ1) is 20.9. The zero-order chi connectivity index (χ0) is 18.0. The summed E-state index contributed by atoms with van der Waals surface area (Å²) in [6.45, 7) is 6.36. The molecule has 0 saturated carbocycles. The maximum absolute atomic E-state index is 11.0. The van der Waals surface area contributed by atoms with E-state index in [1.807, 2.05) is 29.6 Å². The number of hydrogen-bond donors (Lipinski definition) is 1. The van der Waals surface area contributed by atoms with Gasteiger partial charge in [-0.1, -0.05) is 81.9 Å². The fourth-order valence-electron chi connectivity index (χ4n) is 3.65. The van der Waals surface area contributed by atoms with Gasteiger partial charge in [0.1, 0.15) is 0 Å². The smallest absolute Gasteiger partial charge is 0.0946 e. The summed E-state index contributed by atoms with van der Waals surface area (Å²) < 4.78 is -0.0805. The van der Waals surface area contributed by atoms with Gasteiger partial charge in [-0.3, -0.25) is 0 Å². The number of benzene rings is 1. The normalized spacial score (nSPS) is 19.3. The maximum atomic E-state index is 11.0. The van der Waals surface area contributed by atoms with Crippen molar-refractivity contribution in [1.82, 2.24) is 0 Å². The van der Waals surface area contributed by atoms with Crippen molar-refractivity contribution < 1.29 is 5.11 Å². The summed E-state index contributed by atoms with van der Waals surface area (Å²) in [5.74, 6) is 2.42. The van der Waals surface area contributed by atoms with Crippen LogP contribution in [0.1, 0.15) is 63.9 Å². The van der Waals surface area contributed by atoms with Gasteiger partial charge >= 0.3 is 0 Å². The average Bonchev–Trinajstić information content (AvgIpc) is 2.66. The molecule has 140 valence electrons. The molecular formula is C22H34OS2. The molecule has 0 bridgehead atoms. The second kappa shape index (κ2) is 11.4. The van der Waals surface area contributed by atoms with Crippen molar-refractivity contribution in [3.63, 3.8) is 0 Å².